The zero-order chi connectivity index (χ0) is 16.5. The van der Waals surface area contributed by atoms with Gasteiger partial charge in [-0.15, -0.1) is 0 Å². The summed E-state index contributed by atoms with van der Waals surface area (Å²) in [6.07, 6.45) is 14.3. The number of carbonyl (C=O) groups excluding carboxylic acids is 1. The van der Waals surface area contributed by atoms with Crippen LogP contribution in [-0.4, -0.2) is 22.3 Å². The number of rotatable bonds is 6. The molecule has 24 heavy (non-hydrogen) atoms. The van der Waals surface area contributed by atoms with Gasteiger partial charge in [-0.3, -0.25) is 4.79 Å². The van der Waals surface area contributed by atoms with E-state index in [2.05, 4.69) is 19.1 Å². The third kappa shape index (κ3) is 5.08. The zero-order valence-electron chi connectivity index (χ0n) is 15.3. The standard InChI is InChI=1S/C20H32O3.Ac/c1-3-20(9-5-4-6-10-20)23-18(21)14-19(2,22)13-17-12-15-7-8-16(17)11-15;/h7-8,15-17,22H,3-6,9-14H2,1-2H3;. The molecule has 2 bridgehead atoms. The molecule has 0 saturated heterocycles. The van der Waals surface area contributed by atoms with Crippen molar-refractivity contribution in [3.8, 4) is 0 Å². The molecule has 4 atom stereocenters. The summed E-state index contributed by atoms with van der Waals surface area (Å²) in [6.45, 7) is 3.92. The predicted octanol–water partition coefficient (Wildman–Crippen LogP) is 4.39. The Balaban J connectivity index is 0.00000208. The fourth-order valence-corrected chi connectivity index (χ4v) is 5.08. The first-order chi connectivity index (χ1) is 10.9. The molecule has 2 saturated carbocycles. The van der Waals surface area contributed by atoms with Crippen LogP contribution in [0.25, 0.3) is 0 Å². The molecule has 0 amide bonds. The number of hydrogen-bond donors (Lipinski definition) is 1. The number of ether oxygens (including phenoxy) is 1. The van der Waals surface area contributed by atoms with Gasteiger partial charge in [-0.05, 0) is 76.0 Å². The molecular formula is C20H32AcO3. The predicted molar refractivity (Wildman–Crippen MR) is 90.9 cm³/mol. The van der Waals surface area contributed by atoms with Crippen LogP contribution in [0, 0.1) is 61.8 Å². The van der Waals surface area contributed by atoms with E-state index in [1.54, 1.807) is 0 Å². The summed E-state index contributed by atoms with van der Waals surface area (Å²) in [7, 11) is 0. The van der Waals surface area contributed by atoms with E-state index in [4.69, 9.17) is 4.74 Å². The molecule has 0 heterocycles. The Morgan fingerprint density at radius 3 is 2.50 bits per heavy atom. The summed E-state index contributed by atoms with van der Waals surface area (Å²) in [4.78, 5) is 12.4. The summed E-state index contributed by atoms with van der Waals surface area (Å²) < 4.78 is 5.88. The van der Waals surface area contributed by atoms with Crippen LogP contribution in [0.15, 0.2) is 12.2 Å². The number of hydrogen-bond acceptors (Lipinski definition) is 3. The molecule has 1 radical (unpaired) electrons. The molecular weight excluding hydrogens is 515 g/mol. The number of fused-ring (bicyclic) bond motifs is 2. The molecule has 3 nitrogen and oxygen atoms in total. The number of esters is 1. The second kappa shape index (κ2) is 8.53. The van der Waals surface area contributed by atoms with E-state index in [0.29, 0.717) is 24.2 Å². The van der Waals surface area contributed by atoms with E-state index in [-0.39, 0.29) is 62.1 Å². The largest absolute Gasteiger partial charge is 0.459 e. The SMILES string of the molecule is CCC1(OC(=O)CC(C)(O)CC2CC3C=CC2C3)CCCCC1.[Ac]. The van der Waals surface area contributed by atoms with E-state index in [0.717, 1.165) is 32.1 Å². The molecule has 0 spiro atoms. The van der Waals surface area contributed by atoms with Crippen molar-refractivity contribution in [1.29, 1.82) is 0 Å². The summed E-state index contributed by atoms with van der Waals surface area (Å²) >= 11 is 0. The van der Waals surface area contributed by atoms with Crippen LogP contribution >= 0.6 is 0 Å². The van der Waals surface area contributed by atoms with Gasteiger partial charge in [0, 0.05) is 44.1 Å². The number of aliphatic hydroxyl groups is 1. The Labute approximate surface area is 182 Å². The van der Waals surface area contributed by atoms with Crippen LogP contribution in [0.3, 0.4) is 0 Å². The molecule has 0 aromatic rings. The third-order valence-electron chi connectivity index (χ3n) is 6.38. The van der Waals surface area contributed by atoms with Gasteiger partial charge in [-0.25, -0.2) is 0 Å². The van der Waals surface area contributed by atoms with Crippen molar-refractivity contribution < 1.29 is 58.7 Å². The topological polar surface area (TPSA) is 46.5 Å². The summed E-state index contributed by atoms with van der Waals surface area (Å²) in [5.41, 5.74) is -1.20. The van der Waals surface area contributed by atoms with Crippen LogP contribution in [0.1, 0.15) is 78.1 Å². The average Bonchev–Trinajstić information content (AvgIpc) is 3.09. The molecule has 0 aromatic heterocycles. The zero-order valence-corrected chi connectivity index (χ0v) is 20.0. The van der Waals surface area contributed by atoms with Gasteiger partial charge in [0.1, 0.15) is 5.60 Å². The minimum absolute atomic E-state index is 0. The third-order valence-corrected chi connectivity index (χ3v) is 6.38. The van der Waals surface area contributed by atoms with Crippen LogP contribution in [-0.2, 0) is 9.53 Å². The molecule has 0 aliphatic heterocycles. The van der Waals surface area contributed by atoms with Gasteiger partial charge < -0.3 is 9.84 Å². The number of carbonyl (C=O) groups is 1. The van der Waals surface area contributed by atoms with Crippen LogP contribution < -0.4 is 0 Å². The van der Waals surface area contributed by atoms with Crippen molar-refractivity contribution in [1.82, 2.24) is 0 Å². The first-order valence-electron chi connectivity index (χ1n) is 9.54. The van der Waals surface area contributed by atoms with Crippen LogP contribution in [0.2, 0.25) is 0 Å². The first kappa shape index (κ1) is 20.9. The Morgan fingerprint density at radius 2 is 1.96 bits per heavy atom. The second-order valence-electron chi connectivity index (χ2n) is 8.49. The Hall–Kier alpha value is 0.612. The van der Waals surface area contributed by atoms with E-state index < -0.39 is 5.60 Å². The quantitative estimate of drug-likeness (QED) is 0.397. The maximum Gasteiger partial charge on any atom is 0.309 e. The minimum atomic E-state index is -0.941. The monoisotopic (exact) mass is 547 g/mol. The molecule has 4 heteroatoms. The summed E-state index contributed by atoms with van der Waals surface area (Å²) in [5.74, 6) is 1.64. The van der Waals surface area contributed by atoms with Crippen LogP contribution in [0.4, 0.5) is 0 Å². The van der Waals surface area contributed by atoms with E-state index in [1.165, 1.54) is 19.3 Å². The normalized spacial score (nSPS) is 32.9. The minimum Gasteiger partial charge on any atom is -0.459 e. The van der Waals surface area contributed by atoms with Gasteiger partial charge in [0.2, 0.25) is 0 Å². The fraction of sp³-hybridized carbons (Fsp3) is 0.850. The van der Waals surface area contributed by atoms with Gasteiger partial charge in [-0.2, -0.15) is 0 Å². The van der Waals surface area contributed by atoms with E-state index >= 15 is 0 Å². The molecule has 4 unspecified atom stereocenters. The van der Waals surface area contributed by atoms with Crippen molar-refractivity contribution >= 4 is 5.97 Å². The van der Waals surface area contributed by atoms with Gasteiger partial charge in [0.15, 0.2) is 0 Å². The van der Waals surface area contributed by atoms with Gasteiger partial charge in [-0.1, -0.05) is 25.5 Å². The molecule has 133 valence electrons. The fourth-order valence-electron chi connectivity index (χ4n) is 5.08. The Kier molecular flexibility index (Phi) is 7.44. The smallest absolute Gasteiger partial charge is 0.309 e. The maximum absolute atomic E-state index is 12.4. The van der Waals surface area contributed by atoms with Crippen molar-refractivity contribution in [3.05, 3.63) is 12.2 Å². The van der Waals surface area contributed by atoms with Crippen molar-refractivity contribution in [2.45, 2.75) is 89.3 Å². The van der Waals surface area contributed by atoms with Gasteiger partial charge in [0.05, 0.1) is 12.0 Å². The van der Waals surface area contributed by atoms with E-state index in [9.17, 15) is 9.90 Å². The molecule has 1 N–H and O–H groups in total. The Morgan fingerprint density at radius 1 is 1.25 bits per heavy atom. The molecule has 3 aliphatic rings. The average molecular weight is 547 g/mol. The molecule has 3 rings (SSSR count). The first-order valence-corrected chi connectivity index (χ1v) is 9.54. The van der Waals surface area contributed by atoms with Crippen molar-refractivity contribution in [3.63, 3.8) is 0 Å². The second-order valence-corrected chi connectivity index (χ2v) is 8.49. The van der Waals surface area contributed by atoms with Gasteiger partial charge in [0.25, 0.3) is 0 Å². The van der Waals surface area contributed by atoms with Crippen molar-refractivity contribution in [2.24, 2.45) is 17.8 Å². The molecule has 2 fully saturated rings. The van der Waals surface area contributed by atoms with Gasteiger partial charge >= 0.3 is 5.97 Å². The van der Waals surface area contributed by atoms with Crippen LogP contribution in [0.5, 0.6) is 0 Å². The molecule has 0 aromatic carbocycles. The Bertz CT molecular complexity index is 466. The molecule has 3 aliphatic carbocycles. The van der Waals surface area contributed by atoms with Crippen molar-refractivity contribution in [2.75, 3.05) is 0 Å². The summed E-state index contributed by atoms with van der Waals surface area (Å²) in [5, 5.41) is 10.7. The summed E-state index contributed by atoms with van der Waals surface area (Å²) in [6, 6.07) is 0. The maximum atomic E-state index is 12.4. The number of allylic oxidation sites excluding steroid dienone is 2. The van der Waals surface area contributed by atoms with E-state index in [1.807, 2.05) is 6.92 Å².